The van der Waals surface area contributed by atoms with E-state index in [-0.39, 0.29) is 11.9 Å². The molecule has 2 heterocycles. The largest absolute Gasteiger partial charge is 0.331 e. The number of carbonyl (C=O) groups is 1. The van der Waals surface area contributed by atoms with Crippen LogP contribution in [0.15, 0.2) is 66.0 Å². The van der Waals surface area contributed by atoms with E-state index < -0.39 is 0 Å². The Kier molecular flexibility index (Phi) is 4.89. The van der Waals surface area contributed by atoms with Crippen molar-refractivity contribution >= 4 is 17.2 Å². The third-order valence-electron chi connectivity index (χ3n) is 5.15. The molecular formula is C23H23NOS. The average molecular weight is 362 g/mol. The molecule has 3 heteroatoms. The van der Waals surface area contributed by atoms with Crippen molar-refractivity contribution in [3.05, 3.63) is 93.2 Å². The number of carbonyl (C=O) groups excluding carboxylic acids is 1. The number of fused-ring (bicyclic) bond motifs is 1. The Bertz CT molecular complexity index is 882. The minimum atomic E-state index is 0.0499. The number of benzene rings is 2. The van der Waals surface area contributed by atoms with Gasteiger partial charge in [-0.2, -0.15) is 0 Å². The molecule has 3 aromatic rings. The van der Waals surface area contributed by atoms with Gasteiger partial charge in [-0.05, 0) is 47.9 Å². The Morgan fingerprint density at radius 1 is 1.08 bits per heavy atom. The zero-order chi connectivity index (χ0) is 17.9. The van der Waals surface area contributed by atoms with Crippen molar-refractivity contribution in [1.82, 2.24) is 4.90 Å². The summed E-state index contributed by atoms with van der Waals surface area (Å²) in [6.07, 6.45) is 2.32. The summed E-state index contributed by atoms with van der Waals surface area (Å²) in [6.45, 7) is 2.91. The van der Waals surface area contributed by atoms with E-state index >= 15 is 0 Å². The molecule has 0 N–H and O–H groups in total. The monoisotopic (exact) mass is 361 g/mol. The van der Waals surface area contributed by atoms with Crippen LogP contribution >= 0.6 is 11.3 Å². The van der Waals surface area contributed by atoms with E-state index in [9.17, 15) is 4.79 Å². The molecule has 0 fully saturated rings. The van der Waals surface area contributed by atoms with Crippen LogP contribution < -0.4 is 0 Å². The van der Waals surface area contributed by atoms with Crippen molar-refractivity contribution < 1.29 is 4.79 Å². The van der Waals surface area contributed by atoms with Crippen molar-refractivity contribution in [2.45, 2.75) is 32.2 Å². The molecule has 26 heavy (non-hydrogen) atoms. The predicted molar refractivity (Wildman–Crippen MR) is 108 cm³/mol. The van der Waals surface area contributed by atoms with E-state index in [0.29, 0.717) is 6.42 Å². The number of rotatable bonds is 4. The number of aryl methyl sites for hydroxylation is 2. The molecule has 2 nitrogen and oxygen atoms in total. The molecular weight excluding hydrogens is 338 g/mol. The minimum Gasteiger partial charge on any atom is -0.331 e. The molecule has 1 unspecified atom stereocenters. The SMILES string of the molecule is Cc1ccc(C2c3ccsc3CCN2C(=O)CCc2ccccc2)cc1. The van der Waals surface area contributed by atoms with Crippen LogP contribution in [-0.4, -0.2) is 17.4 Å². The summed E-state index contributed by atoms with van der Waals surface area (Å²) < 4.78 is 0. The zero-order valence-corrected chi connectivity index (χ0v) is 15.8. The highest BCUT2D eigenvalue weighted by atomic mass is 32.1. The first-order valence-corrected chi connectivity index (χ1v) is 10.1. The molecule has 1 aliphatic rings. The van der Waals surface area contributed by atoms with E-state index in [0.717, 1.165) is 19.4 Å². The molecule has 1 aliphatic heterocycles. The molecule has 0 saturated carbocycles. The summed E-state index contributed by atoms with van der Waals surface area (Å²) in [5, 5.41) is 2.16. The average Bonchev–Trinajstić information content (AvgIpc) is 3.16. The molecule has 1 amide bonds. The van der Waals surface area contributed by atoms with Crippen LogP contribution in [0.1, 0.15) is 39.6 Å². The van der Waals surface area contributed by atoms with Crippen LogP contribution in [0.4, 0.5) is 0 Å². The lowest BCUT2D eigenvalue weighted by atomic mass is 9.92. The molecule has 4 rings (SSSR count). The fraction of sp³-hybridized carbons (Fsp3) is 0.261. The second-order valence-corrected chi connectivity index (χ2v) is 7.94. The Labute approximate surface area is 159 Å². The second-order valence-electron chi connectivity index (χ2n) is 6.94. The fourth-order valence-corrected chi connectivity index (χ4v) is 4.64. The standard InChI is InChI=1S/C23H23NOS/c1-17-7-10-19(11-8-17)23-20-14-16-26-21(20)13-15-24(23)22(25)12-9-18-5-3-2-4-6-18/h2-8,10-11,14,16,23H,9,12-13,15H2,1H3. The van der Waals surface area contributed by atoms with Gasteiger partial charge in [-0.1, -0.05) is 60.2 Å². The molecule has 0 spiro atoms. The van der Waals surface area contributed by atoms with Crippen LogP contribution in [-0.2, 0) is 17.6 Å². The lowest BCUT2D eigenvalue weighted by molar-refractivity contribution is -0.133. The van der Waals surface area contributed by atoms with E-state index in [2.05, 4.69) is 59.7 Å². The molecule has 0 aliphatic carbocycles. The number of nitrogens with zero attached hydrogens (tertiary/aromatic N) is 1. The summed E-state index contributed by atoms with van der Waals surface area (Å²) in [4.78, 5) is 16.6. The highest BCUT2D eigenvalue weighted by molar-refractivity contribution is 7.10. The molecule has 0 saturated heterocycles. The van der Waals surface area contributed by atoms with Gasteiger partial charge in [0.25, 0.3) is 0 Å². The van der Waals surface area contributed by atoms with Crippen LogP contribution in [0.3, 0.4) is 0 Å². The lowest BCUT2D eigenvalue weighted by Gasteiger charge is -2.36. The van der Waals surface area contributed by atoms with Crippen LogP contribution in [0.25, 0.3) is 0 Å². The lowest BCUT2D eigenvalue weighted by Crippen LogP contribution is -2.40. The summed E-state index contributed by atoms with van der Waals surface area (Å²) in [5.41, 5.74) is 4.99. The van der Waals surface area contributed by atoms with Crippen LogP contribution in [0.5, 0.6) is 0 Å². The van der Waals surface area contributed by atoms with Crippen molar-refractivity contribution in [2.75, 3.05) is 6.54 Å². The smallest absolute Gasteiger partial charge is 0.223 e. The Hall–Kier alpha value is -2.39. The van der Waals surface area contributed by atoms with Gasteiger partial charge in [-0.25, -0.2) is 0 Å². The molecule has 2 aromatic carbocycles. The van der Waals surface area contributed by atoms with Crippen molar-refractivity contribution in [3.63, 3.8) is 0 Å². The summed E-state index contributed by atoms with van der Waals surface area (Å²) in [7, 11) is 0. The molecule has 0 bridgehead atoms. The van der Waals surface area contributed by atoms with Crippen LogP contribution in [0.2, 0.25) is 0 Å². The van der Waals surface area contributed by atoms with Gasteiger partial charge in [-0.3, -0.25) is 4.79 Å². The first-order valence-electron chi connectivity index (χ1n) is 9.18. The number of thiophene rings is 1. The van der Waals surface area contributed by atoms with Gasteiger partial charge in [-0.15, -0.1) is 11.3 Å². The van der Waals surface area contributed by atoms with Crippen LogP contribution in [0, 0.1) is 6.92 Å². The third kappa shape index (κ3) is 3.45. The number of hydrogen-bond acceptors (Lipinski definition) is 2. The quantitative estimate of drug-likeness (QED) is 0.628. The maximum atomic E-state index is 13.1. The maximum Gasteiger partial charge on any atom is 0.223 e. The second kappa shape index (κ2) is 7.46. The molecule has 1 aromatic heterocycles. The normalized spacial score (nSPS) is 16.3. The Morgan fingerprint density at radius 3 is 2.62 bits per heavy atom. The first kappa shape index (κ1) is 17.0. The predicted octanol–water partition coefficient (Wildman–Crippen LogP) is 5.16. The summed E-state index contributed by atoms with van der Waals surface area (Å²) >= 11 is 1.81. The van der Waals surface area contributed by atoms with Gasteiger partial charge >= 0.3 is 0 Å². The highest BCUT2D eigenvalue weighted by Gasteiger charge is 2.32. The van der Waals surface area contributed by atoms with E-state index in [4.69, 9.17) is 0 Å². The number of hydrogen-bond donors (Lipinski definition) is 0. The van der Waals surface area contributed by atoms with Gasteiger partial charge < -0.3 is 4.90 Å². The first-order chi connectivity index (χ1) is 12.7. The van der Waals surface area contributed by atoms with E-state index in [1.165, 1.54) is 27.1 Å². The number of amides is 1. The van der Waals surface area contributed by atoms with Crippen molar-refractivity contribution in [1.29, 1.82) is 0 Å². The van der Waals surface area contributed by atoms with E-state index in [1.54, 1.807) is 0 Å². The third-order valence-corrected chi connectivity index (χ3v) is 6.15. The van der Waals surface area contributed by atoms with Gasteiger partial charge in [0, 0.05) is 17.8 Å². The minimum absolute atomic E-state index is 0.0499. The summed E-state index contributed by atoms with van der Waals surface area (Å²) in [6, 6.07) is 21.1. The van der Waals surface area contributed by atoms with Crippen molar-refractivity contribution in [3.8, 4) is 0 Å². The Balaban J connectivity index is 1.59. The highest BCUT2D eigenvalue weighted by Crippen LogP contribution is 2.38. The van der Waals surface area contributed by atoms with E-state index in [1.807, 2.05) is 29.5 Å². The van der Waals surface area contributed by atoms with Gasteiger partial charge in [0.2, 0.25) is 5.91 Å². The zero-order valence-electron chi connectivity index (χ0n) is 15.0. The van der Waals surface area contributed by atoms with Crippen molar-refractivity contribution in [2.24, 2.45) is 0 Å². The Morgan fingerprint density at radius 2 is 1.85 bits per heavy atom. The fourth-order valence-electron chi connectivity index (χ4n) is 3.73. The van der Waals surface area contributed by atoms with Gasteiger partial charge in [0.15, 0.2) is 0 Å². The molecule has 132 valence electrons. The topological polar surface area (TPSA) is 20.3 Å². The van der Waals surface area contributed by atoms with Gasteiger partial charge in [0.05, 0.1) is 6.04 Å². The molecule has 1 atom stereocenters. The molecule has 0 radical (unpaired) electrons. The van der Waals surface area contributed by atoms with Gasteiger partial charge in [0.1, 0.15) is 0 Å². The maximum absolute atomic E-state index is 13.1. The summed E-state index contributed by atoms with van der Waals surface area (Å²) in [5.74, 6) is 0.247.